The number of hydrogen-bond donors (Lipinski definition) is 1. The highest BCUT2D eigenvalue weighted by molar-refractivity contribution is 7.10. The number of carbonyl (C=O) groups is 1. The van der Waals surface area contributed by atoms with Gasteiger partial charge < -0.3 is 5.32 Å². The number of nitrogens with one attached hydrogen (secondary N) is 1. The molecule has 0 fully saturated rings. The van der Waals surface area contributed by atoms with Gasteiger partial charge in [0.1, 0.15) is 12.4 Å². The summed E-state index contributed by atoms with van der Waals surface area (Å²) < 4.78 is 1.63. The Hall–Kier alpha value is -3.33. The van der Waals surface area contributed by atoms with Crippen molar-refractivity contribution in [1.29, 1.82) is 0 Å². The Morgan fingerprint density at radius 3 is 2.93 bits per heavy atom. The van der Waals surface area contributed by atoms with E-state index in [0.717, 1.165) is 5.70 Å². The van der Waals surface area contributed by atoms with Crippen LogP contribution in [0, 0.1) is 10.1 Å². The van der Waals surface area contributed by atoms with Crippen molar-refractivity contribution in [3.05, 3.63) is 79.9 Å². The topological polar surface area (TPSA) is 103 Å². The summed E-state index contributed by atoms with van der Waals surface area (Å²) >= 11 is 1.65. The minimum absolute atomic E-state index is 0.0143. The molecule has 3 aromatic rings. The molecule has 2 atom stereocenters. The van der Waals surface area contributed by atoms with E-state index < -0.39 is 11.0 Å². The second kappa shape index (κ2) is 6.38. The number of carbonyl (C=O) groups excluding carboxylic acids is 1. The zero-order chi connectivity index (χ0) is 19.3. The van der Waals surface area contributed by atoms with Crippen molar-refractivity contribution in [3.63, 3.8) is 0 Å². The first-order valence-electron chi connectivity index (χ1n) is 8.82. The predicted octanol–water partition coefficient (Wildman–Crippen LogP) is 3.66. The summed E-state index contributed by atoms with van der Waals surface area (Å²) in [4.78, 5) is 29.4. The molecule has 0 amide bonds. The van der Waals surface area contributed by atoms with E-state index in [9.17, 15) is 14.9 Å². The van der Waals surface area contributed by atoms with Gasteiger partial charge in [0.15, 0.2) is 5.78 Å². The molecule has 140 valence electrons. The monoisotopic (exact) mass is 393 g/mol. The van der Waals surface area contributed by atoms with Crippen LogP contribution in [0.25, 0.3) is 0 Å². The van der Waals surface area contributed by atoms with Crippen molar-refractivity contribution in [2.45, 2.75) is 24.8 Å². The summed E-state index contributed by atoms with van der Waals surface area (Å²) in [5, 5.41) is 20.8. The van der Waals surface area contributed by atoms with Crippen molar-refractivity contribution in [1.82, 2.24) is 14.8 Å². The van der Waals surface area contributed by atoms with E-state index in [0.29, 0.717) is 29.9 Å². The Bertz CT molecular complexity index is 1120. The highest BCUT2D eigenvalue weighted by Gasteiger charge is 2.39. The Morgan fingerprint density at radius 2 is 2.14 bits per heavy atom. The second-order valence-corrected chi connectivity index (χ2v) is 7.82. The van der Waals surface area contributed by atoms with Gasteiger partial charge in [-0.3, -0.25) is 14.9 Å². The fourth-order valence-electron chi connectivity index (χ4n) is 3.99. The lowest BCUT2D eigenvalue weighted by Gasteiger charge is -2.34. The van der Waals surface area contributed by atoms with Gasteiger partial charge in [-0.2, -0.15) is 10.1 Å². The Kier molecular flexibility index (Phi) is 3.83. The van der Waals surface area contributed by atoms with Crippen LogP contribution in [-0.4, -0.2) is 25.5 Å². The minimum atomic E-state index is -0.523. The number of ketones is 1. The Balaban J connectivity index is 1.63. The van der Waals surface area contributed by atoms with Gasteiger partial charge in [0, 0.05) is 40.6 Å². The van der Waals surface area contributed by atoms with Crippen LogP contribution in [0.3, 0.4) is 0 Å². The molecule has 9 heteroatoms. The number of hydrogen-bond acceptors (Lipinski definition) is 7. The lowest BCUT2D eigenvalue weighted by atomic mass is 9.80. The summed E-state index contributed by atoms with van der Waals surface area (Å²) in [6.45, 7) is 0. The standard InChI is InChI=1S/C19H15N5O3S/c25-15-9-12(16-5-2-6-28-16)8-14-17(15)18(23-19(22-14)20-10-21-23)11-3-1-4-13(7-11)24(26)27/h1-7,10,12,18H,8-9H2,(H,20,21,22)/t12-,18-/m1/s1. The third-order valence-corrected chi connectivity index (χ3v) is 6.24. The highest BCUT2D eigenvalue weighted by atomic mass is 32.1. The Labute approximate surface area is 163 Å². The van der Waals surface area contributed by atoms with Crippen LogP contribution >= 0.6 is 11.3 Å². The first kappa shape index (κ1) is 16.8. The van der Waals surface area contributed by atoms with Crippen LogP contribution in [0.5, 0.6) is 0 Å². The van der Waals surface area contributed by atoms with Gasteiger partial charge in [-0.05, 0) is 23.4 Å². The first-order chi connectivity index (χ1) is 13.6. The molecular weight excluding hydrogens is 378 g/mol. The van der Waals surface area contributed by atoms with E-state index in [1.54, 1.807) is 28.2 Å². The van der Waals surface area contributed by atoms with E-state index >= 15 is 0 Å². The lowest BCUT2D eigenvalue weighted by molar-refractivity contribution is -0.384. The molecule has 0 unspecified atom stereocenters. The third kappa shape index (κ3) is 2.63. The van der Waals surface area contributed by atoms with Crippen molar-refractivity contribution < 1.29 is 9.72 Å². The average Bonchev–Trinajstić information content (AvgIpc) is 3.38. The molecule has 1 aliphatic heterocycles. The predicted molar refractivity (Wildman–Crippen MR) is 103 cm³/mol. The molecule has 2 aliphatic rings. The quantitative estimate of drug-likeness (QED) is 0.538. The van der Waals surface area contributed by atoms with Gasteiger partial charge in [-0.25, -0.2) is 4.68 Å². The molecule has 1 N–H and O–H groups in total. The van der Waals surface area contributed by atoms with Crippen LogP contribution in [0.2, 0.25) is 0 Å². The zero-order valence-corrected chi connectivity index (χ0v) is 15.4. The number of nitro benzene ring substituents is 1. The van der Waals surface area contributed by atoms with E-state index in [1.807, 2.05) is 11.4 Å². The van der Waals surface area contributed by atoms with Gasteiger partial charge in [0.25, 0.3) is 5.69 Å². The second-order valence-electron chi connectivity index (χ2n) is 6.84. The van der Waals surface area contributed by atoms with E-state index in [2.05, 4.69) is 21.5 Å². The molecule has 28 heavy (non-hydrogen) atoms. The fraction of sp³-hybridized carbons (Fsp3) is 0.211. The van der Waals surface area contributed by atoms with E-state index in [-0.39, 0.29) is 17.4 Å². The molecule has 1 aromatic carbocycles. The molecule has 2 aromatic heterocycles. The highest BCUT2D eigenvalue weighted by Crippen LogP contribution is 2.44. The maximum absolute atomic E-state index is 13.2. The molecule has 3 heterocycles. The summed E-state index contributed by atoms with van der Waals surface area (Å²) in [7, 11) is 0. The lowest BCUT2D eigenvalue weighted by Crippen LogP contribution is -2.33. The maximum Gasteiger partial charge on any atom is 0.269 e. The van der Waals surface area contributed by atoms with Crippen molar-refractivity contribution in [2.24, 2.45) is 0 Å². The normalized spacial score (nSPS) is 21.1. The maximum atomic E-state index is 13.2. The first-order valence-corrected chi connectivity index (χ1v) is 9.70. The summed E-state index contributed by atoms with van der Waals surface area (Å²) in [5.41, 5.74) is 2.08. The minimum Gasteiger partial charge on any atom is -0.328 e. The van der Waals surface area contributed by atoms with Crippen molar-refractivity contribution in [2.75, 3.05) is 5.32 Å². The van der Waals surface area contributed by atoms with E-state index in [4.69, 9.17) is 0 Å². The summed E-state index contributed by atoms with van der Waals surface area (Å²) in [6.07, 6.45) is 2.53. The van der Waals surface area contributed by atoms with Crippen LogP contribution in [0.1, 0.15) is 35.2 Å². The molecule has 0 saturated heterocycles. The number of non-ortho nitro benzene ring substituents is 1. The number of nitrogens with zero attached hydrogens (tertiary/aromatic N) is 4. The van der Waals surface area contributed by atoms with Crippen molar-refractivity contribution in [3.8, 4) is 0 Å². The average molecular weight is 393 g/mol. The largest absolute Gasteiger partial charge is 0.328 e. The number of allylic oxidation sites excluding steroid dienone is 2. The molecular formula is C19H15N5O3S. The smallest absolute Gasteiger partial charge is 0.269 e. The zero-order valence-electron chi connectivity index (χ0n) is 14.6. The van der Waals surface area contributed by atoms with Crippen LogP contribution in [0.15, 0.2) is 59.4 Å². The number of benzene rings is 1. The Morgan fingerprint density at radius 1 is 1.25 bits per heavy atom. The number of thiophene rings is 1. The van der Waals surface area contributed by atoms with Crippen LogP contribution < -0.4 is 5.32 Å². The van der Waals surface area contributed by atoms with Crippen molar-refractivity contribution >= 4 is 28.8 Å². The molecule has 0 bridgehead atoms. The third-order valence-electron chi connectivity index (χ3n) is 5.20. The molecule has 0 radical (unpaired) electrons. The van der Waals surface area contributed by atoms with Gasteiger partial charge in [-0.15, -0.1) is 11.3 Å². The molecule has 1 aliphatic carbocycles. The molecule has 0 saturated carbocycles. The van der Waals surface area contributed by atoms with Gasteiger partial charge in [-0.1, -0.05) is 18.2 Å². The van der Waals surface area contributed by atoms with E-state index in [1.165, 1.54) is 23.3 Å². The SMILES string of the molecule is O=C1C[C@H](c2cccs2)CC2=C1[C@@H](c1cccc([N+](=O)[O-])c1)n1ncnc1N2. The summed E-state index contributed by atoms with van der Waals surface area (Å²) in [5.74, 6) is 0.693. The van der Waals surface area contributed by atoms with Crippen LogP contribution in [0.4, 0.5) is 11.6 Å². The number of anilines is 1. The number of rotatable bonds is 3. The van der Waals surface area contributed by atoms with Gasteiger partial charge >= 0.3 is 0 Å². The number of Topliss-reactive ketones (excluding diaryl/α,β-unsaturated/α-hetero) is 1. The molecule has 8 nitrogen and oxygen atoms in total. The van der Waals surface area contributed by atoms with Gasteiger partial charge in [0.2, 0.25) is 5.95 Å². The van der Waals surface area contributed by atoms with Gasteiger partial charge in [0.05, 0.1) is 4.92 Å². The molecule has 5 rings (SSSR count). The summed E-state index contributed by atoms with van der Waals surface area (Å²) in [6, 6.07) is 9.89. The van der Waals surface area contributed by atoms with Crippen LogP contribution in [-0.2, 0) is 4.79 Å². The number of fused-ring (bicyclic) bond motifs is 1. The number of nitro groups is 1. The number of aromatic nitrogens is 3. The fourth-order valence-corrected chi connectivity index (χ4v) is 4.82. The molecule has 0 spiro atoms.